The molecule has 1 N–H and O–H groups in total. The zero-order chi connectivity index (χ0) is 17.4. The maximum Gasteiger partial charge on any atom is 0.344 e. The number of hydrogen-bond acceptors (Lipinski definition) is 5. The Bertz CT molecular complexity index is 781. The van der Waals surface area contributed by atoms with Crippen molar-refractivity contribution in [1.29, 1.82) is 5.26 Å². The molecular formula is C18H16N2O4. The van der Waals surface area contributed by atoms with Crippen molar-refractivity contribution in [3.63, 3.8) is 0 Å². The Kier molecular flexibility index (Phi) is 5.92. The third kappa shape index (κ3) is 5.14. The third-order valence-corrected chi connectivity index (χ3v) is 3.03. The van der Waals surface area contributed by atoms with Gasteiger partial charge in [0, 0.05) is 0 Å². The second kappa shape index (κ2) is 8.34. The van der Waals surface area contributed by atoms with Crippen molar-refractivity contribution in [3.8, 4) is 11.8 Å². The van der Waals surface area contributed by atoms with E-state index in [-0.39, 0.29) is 6.61 Å². The molecule has 2 aromatic rings. The minimum absolute atomic E-state index is 0.286. The number of carbonyl (C=O) groups is 2. The molecule has 0 heterocycles. The van der Waals surface area contributed by atoms with E-state index in [1.54, 1.807) is 36.4 Å². The molecule has 2 aromatic carbocycles. The minimum Gasteiger partial charge on any atom is -0.482 e. The first-order valence-electron chi connectivity index (χ1n) is 7.22. The molecule has 0 atom stereocenters. The SMILES string of the molecule is Cc1cccc(OCC(=O)OCC(=O)Nc2ccccc2C#N)c1. The van der Waals surface area contributed by atoms with Crippen LogP contribution in [0.3, 0.4) is 0 Å². The zero-order valence-corrected chi connectivity index (χ0v) is 13.1. The number of nitrogens with one attached hydrogen (secondary N) is 1. The predicted molar refractivity (Wildman–Crippen MR) is 87.4 cm³/mol. The van der Waals surface area contributed by atoms with Crippen LogP contribution in [-0.4, -0.2) is 25.1 Å². The van der Waals surface area contributed by atoms with Gasteiger partial charge in [-0.15, -0.1) is 0 Å². The van der Waals surface area contributed by atoms with Crippen molar-refractivity contribution in [2.75, 3.05) is 18.5 Å². The van der Waals surface area contributed by atoms with Crippen LogP contribution in [0.5, 0.6) is 5.75 Å². The number of amides is 1. The molecule has 0 fully saturated rings. The monoisotopic (exact) mass is 324 g/mol. The lowest BCUT2D eigenvalue weighted by Gasteiger charge is -2.09. The van der Waals surface area contributed by atoms with E-state index in [4.69, 9.17) is 14.7 Å². The number of nitriles is 1. The van der Waals surface area contributed by atoms with E-state index in [0.29, 0.717) is 17.0 Å². The molecule has 122 valence electrons. The Morgan fingerprint density at radius 2 is 1.92 bits per heavy atom. The summed E-state index contributed by atoms with van der Waals surface area (Å²) in [5.74, 6) is -0.624. The lowest BCUT2D eigenvalue weighted by atomic mass is 10.2. The second-order valence-corrected chi connectivity index (χ2v) is 4.97. The lowest BCUT2D eigenvalue weighted by molar-refractivity contribution is -0.149. The van der Waals surface area contributed by atoms with Gasteiger partial charge in [-0.05, 0) is 36.8 Å². The van der Waals surface area contributed by atoms with E-state index in [9.17, 15) is 9.59 Å². The molecule has 0 saturated carbocycles. The van der Waals surface area contributed by atoms with Crippen LogP contribution >= 0.6 is 0 Å². The first-order valence-corrected chi connectivity index (χ1v) is 7.22. The van der Waals surface area contributed by atoms with Crippen LogP contribution in [0.15, 0.2) is 48.5 Å². The molecule has 0 aliphatic heterocycles. The third-order valence-electron chi connectivity index (χ3n) is 3.03. The lowest BCUT2D eigenvalue weighted by Crippen LogP contribution is -2.24. The maximum atomic E-state index is 11.8. The highest BCUT2D eigenvalue weighted by Gasteiger charge is 2.10. The molecule has 0 saturated heterocycles. The molecule has 24 heavy (non-hydrogen) atoms. The molecule has 6 heteroatoms. The van der Waals surface area contributed by atoms with Gasteiger partial charge in [-0.1, -0.05) is 24.3 Å². The summed E-state index contributed by atoms with van der Waals surface area (Å²) in [5, 5.41) is 11.5. The molecule has 0 bridgehead atoms. The second-order valence-electron chi connectivity index (χ2n) is 4.97. The number of nitrogens with zero attached hydrogens (tertiary/aromatic N) is 1. The number of para-hydroxylation sites is 1. The highest BCUT2D eigenvalue weighted by molar-refractivity contribution is 5.94. The number of carbonyl (C=O) groups excluding carboxylic acids is 2. The summed E-state index contributed by atoms with van der Waals surface area (Å²) >= 11 is 0. The van der Waals surface area contributed by atoms with Crippen molar-refractivity contribution in [3.05, 3.63) is 59.7 Å². The van der Waals surface area contributed by atoms with Gasteiger partial charge in [0.05, 0.1) is 11.3 Å². The molecule has 0 unspecified atom stereocenters. The Labute approximate surface area is 139 Å². The fourth-order valence-electron chi connectivity index (χ4n) is 1.91. The summed E-state index contributed by atoms with van der Waals surface area (Å²) in [7, 11) is 0. The van der Waals surface area contributed by atoms with Gasteiger partial charge in [0.15, 0.2) is 13.2 Å². The van der Waals surface area contributed by atoms with Crippen LogP contribution in [-0.2, 0) is 14.3 Å². The van der Waals surface area contributed by atoms with Gasteiger partial charge in [0.2, 0.25) is 0 Å². The molecule has 0 radical (unpaired) electrons. The highest BCUT2D eigenvalue weighted by atomic mass is 16.6. The number of hydrogen-bond donors (Lipinski definition) is 1. The summed E-state index contributed by atoms with van der Waals surface area (Å²) in [4.78, 5) is 23.4. The summed E-state index contributed by atoms with van der Waals surface area (Å²) in [6.45, 7) is 1.18. The Hall–Kier alpha value is -3.33. The average Bonchev–Trinajstić information content (AvgIpc) is 2.58. The molecule has 6 nitrogen and oxygen atoms in total. The number of ether oxygens (including phenoxy) is 2. The number of aryl methyl sites for hydroxylation is 1. The van der Waals surface area contributed by atoms with Gasteiger partial charge in [-0.3, -0.25) is 4.79 Å². The van der Waals surface area contributed by atoms with Crippen LogP contribution in [0.1, 0.15) is 11.1 Å². The molecule has 0 aromatic heterocycles. The van der Waals surface area contributed by atoms with Crippen LogP contribution in [0.2, 0.25) is 0 Å². The van der Waals surface area contributed by atoms with E-state index >= 15 is 0 Å². The number of rotatable bonds is 6. The largest absolute Gasteiger partial charge is 0.482 e. The summed E-state index contributed by atoms with van der Waals surface area (Å²) in [6.07, 6.45) is 0. The Morgan fingerprint density at radius 1 is 1.12 bits per heavy atom. The van der Waals surface area contributed by atoms with Gasteiger partial charge < -0.3 is 14.8 Å². The van der Waals surface area contributed by atoms with Crippen LogP contribution < -0.4 is 10.1 Å². The minimum atomic E-state index is -0.653. The first-order chi connectivity index (χ1) is 11.6. The predicted octanol–water partition coefficient (Wildman–Crippen LogP) is 2.43. The molecular weight excluding hydrogens is 308 g/mol. The smallest absolute Gasteiger partial charge is 0.344 e. The summed E-state index contributed by atoms with van der Waals surface area (Å²) < 4.78 is 10.1. The van der Waals surface area contributed by atoms with E-state index in [1.165, 1.54) is 0 Å². The van der Waals surface area contributed by atoms with Gasteiger partial charge in [0.1, 0.15) is 11.8 Å². The number of anilines is 1. The molecule has 2 rings (SSSR count). The van der Waals surface area contributed by atoms with Crippen molar-refractivity contribution in [2.24, 2.45) is 0 Å². The van der Waals surface area contributed by atoms with Gasteiger partial charge in [-0.25, -0.2) is 4.79 Å². The van der Waals surface area contributed by atoms with Crippen LogP contribution in [0.4, 0.5) is 5.69 Å². The average molecular weight is 324 g/mol. The van der Waals surface area contributed by atoms with E-state index in [1.807, 2.05) is 25.1 Å². The molecule has 1 amide bonds. The zero-order valence-electron chi connectivity index (χ0n) is 13.1. The van der Waals surface area contributed by atoms with Crippen LogP contribution in [0, 0.1) is 18.3 Å². The Morgan fingerprint density at radius 3 is 2.67 bits per heavy atom. The van der Waals surface area contributed by atoms with Crippen molar-refractivity contribution < 1.29 is 19.1 Å². The highest BCUT2D eigenvalue weighted by Crippen LogP contribution is 2.13. The summed E-state index contributed by atoms with van der Waals surface area (Å²) in [6, 6.07) is 15.8. The van der Waals surface area contributed by atoms with Crippen molar-refractivity contribution in [1.82, 2.24) is 0 Å². The summed E-state index contributed by atoms with van der Waals surface area (Å²) in [5.41, 5.74) is 1.72. The van der Waals surface area contributed by atoms with E-state index in [2.05, 4.69) is 5.32 Å². The number of esters is 1. The van der Waals surface area contributed by atoms with Crippen LogP contribution in [0.25, 0.3) is 0 Å². The topological polar surface area (TPSA) is 88.4 Å². The molecule has 0 aliphatic carbocycles. The van der Waals surface area contributed by atoms with E-state index in [0.717, 1.165) is 5.56 Å². The van der Waals surface area contributed by atoms with Gasteiger partial charge >= 0.3 is 5.97 Å². The number of benzene rings is 2. The van der Waals surface area contributed by atoms with E-state index < -0.39 is 18.5 Å². The maximum absolute atomic E-state index is 11.8. The molecule has 0 aliphatic rings. The molecule has 0 spiro atoms. The fraction of sp³-hybridized carbons (Fsp3) is 0.167. The normalized spacial score (nSPS) is 9.67. The quantitative estimate of drug-likeness (QED) is 0.824. The Balaban J connectivity index is 1.77. The standard InChI is InChI=1S/C18H16N2O4/c1-13-5-4-7-15(9-13)23-12-18(22)24-11-17(21)20-16-8-3-2-6-14(16)10-19/h2-9H,11-12H2,1H3,(H,20,21). The van der Waals surface area contributed by atoms with Gasteiger partial charge in [-0.2, -0.15) is 5.26 Å². The van der Waals surface area contributed by atoms with Gasteiger partial charge in [0.25, 0.3) is 5.91 Å². The van der Waals surface area contributed by atoms with Crippen molar-refractivity contribution in [2.45, 2.75) is 6.92 Å². The van der Waals surface area contributed by atoms with Crippen molar-refractivity contribution >= 4 is 17.6 Å². The fourth-order valence-corrected chi connectivity index (χ4v) is 1.91. The first kappa shape index (κ1) is 17.0.